The predicted molar refractivity (Wildman–Crippen MR) is 79.8 cm³/mol. The molecule has 0 saturated heterocycles. The molecule has 0 aromatic carbocycles. The van der Waals surface area contributed by atoms with Gasteiger partial charge in [-0.2, -0.15) is 0 Å². The van der Waals surface area contributed by atoms with Crippen LogP contribution in [0, 0.1) is 0 Å². The normalized spacial score (nSPS) is 19.9. The zero-order valence-corrected chi connectivity index (χ0v) is 12.1. The monoisotopic (exact) mass is 252 g/mol. The highest BCUT2D eigenvalue weighted by atomic mass is 16.2. The number of aliphatic hydroxyl groups is 1. The fourth-order valence-corrected chi connectivity index (χ4v) is 2.83. The minimum atomic E-state index is 0.350. The van der Waals surface area contributed by atoms with Crippen molar-refractivity contribution in [3.8, 4) is 0 Å². The van der Waals surface area contributed by atoms with E-state index in [4.69, 9.17) is 5.11 Å². The zero-order chi connectivity index (χ0) is 12.9. The molecule has 106 valence electrons. The fraction of sp³-hybridized carbons (Fsp3) is 0.882. The van der Waals surface area contributed by atoms with Crippen LogP contribution in [0.25, 0.3) is 0 Å². The van der Waals surface area contributed by atoms with Crippen LogP contribution in [-0.2, 0) is 0 Å². The highest BCUT2D eigenvalue weighted by Crippen LogP contribution is 2.21. The first-order valence-electron chi connectivity index (χ1n) is 8.22. The van der Waals surface area contributed by atoms with Crippen LogP contribution in [0.5, 0.6) is 0 Å². The first kappa shape index (κ1) is 15.8. The summed E-state index contributed by atoms with van der Waals surface area (Å²) in [5.41, 5.74) is 1.70. The molecule has 1 saturated carbocycles. The van der Waals surface area contributed by atoms with Crippen LogP contribution in [0.2, 0.25) is 0 Å². The second kappa shape index (κ2) is 11.8. The van der Waals surface area contributed by atoms with Crippen molar-refractivity contribution in [3.05, 3.63) is 11.6 Å². The Morgan fingerprint density at radius 3 is 1.72 bits per heavy atom. The van der Waals surface area contributed by atoms with E-state index in [2.05, 4.69) is 6.08 Å². The topological polar surface area (TPSA) is 20.2 Å². The van der Waals surface area contributed by atoms with E-state index in [0.29, 0.717) is 6.61 Å². The van der Waals surface area contributed by atoms with Gasteiger partial charge in [0.1, 0.15) is 0 Å². The van der Waals surface area contributed by atoms with E-state index in [1.807, 2.05) is 0 Å². The fourth-order valence-electron chi connectivity index (χ4n) is 2.83. The summed E-state index contributed by atoms with van der Waals surface area (Å²) in [5, 5.41) is 8.79. The van der Waals surface area contributed by atoms with Gasteiger partial charge in [0.05, 0.1) is 0 Å². The average Bonchev–Trinajstić information content (AvgIpc) is 2.37. The Morgan fingerprint density at radius 2 is 1.22 bits per heavy atom. The van der Waals surface area contributed by atoms with E-state index >= 15 is 0 Å². The molecule has 0 heterocycles. The second-order valence-electron chi connectivity index (χ2n) is 5.76. The van der Waals surface area contributed by atoms with Crippen molar-refractivity contribution in [1.29, 1.82) is 0 Å². The van der Waals surface area contributed by atoms with Crippen molar-refractivity contribution in [2.24, 2.45) is 0 Å². The third-order valence-electron chi connectivity index (χ3n) is 4.04. The molecule has 0 spiro atoms. The molecule has 1 rings (SSSR count). The van der Waals surface area contributed by atoms with E-state index < -0.39 is 0 Å². The summed E-state index contributed by atoms with van der Waals surface area (Å²) in [7, 11) is 0. The Kier molecular flexibility index (Phi) is 10.3. The third-order valence-corrected chi connectivity index (χ3v) is 4.04. The maximum atomic E-state index is 8.79. The molecule has 0 aromatic heterocycles. The van der Waals surface area contributed by atoms with Crippen molar-refractivity contribution in [2.75, 3.05) is 6.61 Å². The minimum absolute atomic E-state index is 0.350. The van der Waals surface area contributed by atoms with Gasteiger partial charge < -0.3 is 5.11 Å². The lowest BCUT2D eigenvalue weighted by molar-refractivity contribution is 0.285. The zero-order valence-electron chi connectivity index (χ0n) is 12.1. The summed E-state index contributed by atoms with van der Waals surface area (Å²) in [5.74, 6) is 0. The van der Waals surface area contributed by atoms with Crippen molar-refractivity contribution < 1.29 is 5.11 Å². The largest absolute Gasteiger partial charge is 0.396 e. The van der Waals surface area contributed by atoms with Gasteiger partial charge in [-0.05, 0) is 44.9 Å². The maximum absolute atomic E-state index is 8.79. The molecule has 18 heavy (non-hydrogen) atoms. The van der Waals surface area contributed by atoms with Crippen LogP contribution < -0.4 is 0 Å². The molecular formula is C17H32O. The van der Waals surface area contributed by atoms with Crippen LogP contribution in [0.3, 0.4) is 0 Å². The molecule has 1 heteroatoms. The summed E-state index contributed by atoms with van der Waals surface area (Å²) in [4.78, 5) is 0. The van der Waals surface area contributed by atoms with Crippen molar-refractivity contribution in [1.82, 2.24) is 0 Å². The molecule has 0 radical (unpaired) electrons. The predicted octanol–water partition coefficient (Wildman–Crippen LogP) is 5.38. The summed E-state index contributed by atoms with van der Waals surface area (Å²) in [6.07, 6.45) is 21.3. The van der Waals surface area contributed by atoms with Crippen LogP contribution in [-0.4, -0.2) is 11.7 Å². The SMILES string of the molecule is OCCCCC=C1CCCCCCCCCCC1. The number of unbranched alkanes of at least 4 members (excludes halogenated alkanes) is 2. The van der Waals surface area contributed by atoms with Crippen molar-refractivity contribution in [3.63, 3.8) is 0 Å². The van der Waals surface area contributed by atoms with Gasteiger partial charge in [0.25, 0.3) is 0 Å². The van der Waals surface area contributed by atoms with Gasteiger partial charge in [-0.15, -0.1) is 0 Å². The number of hydrogen-bond acceptors (Lipinski definition) is 1. The Bertz CT molecular complexity index is 194. The van der Waals surface area contributed by atoms with Gasteiger partial charge >= 0.3 is 0 Å². The van der Waals surface area contributed by atoms with Crippen LogP contribution >= 0.6 is 0 Å². The summed E-state index contributed by atoms with van der Waals surface area (Å²) >= 11 is 0. The standard InChI is InChI=1S/C17H32O/c18-16-12-8-11-15-17-13-9-6-4-2-1-3-5-7-10-14-17/h15,18H,1-14,16H2. The molecule has 1 nitrogen and oxygen atoms in total. The van der Waals surface area contributed by atoms with Crippen LogP contribution in [0.1, 0.15) is 89.9 Å². The smallest absolute Gasteiger partial charge is 0.0431 e. The number of aliphatic hydroxyl groups excluding tert-OH is 1. The molecule has 1 fully saturated rings. The Labute approximate surface area is 114 Å². The minimum Gasteiger partial charge on any atom is -0.396 e. The lowest BCUT2D eigenvalue weighted by Crippen LogP contribution is -1.91. The first-order chi connectivity index (χ1) is 8.93. The van der Waals surface area contributed by atoms with Crippen molar-refractivity contribution >= 4 is 0 Å². The van der Waals surface area contributed by atoms with Gasteiger partial charge in [0.15, 0.2) is 0 Å². The Morgan fingerprint density at radius 1 is 0.722 bits per heavy atom. The Hall–Kier alpha value is -0.300. The maximum Gasteiger partial charge on any atom is 0.0431 e. The molecule has 0 aromatic rings. The van der Waals surface area contributed by atoms with Gasteiger partial charge in [-0.3, -0.25) is 0 Å². The van der Waals surface area contributed by atoms with Gasteiger partial charge in [0.2, 0.25) is 0 Å². The molecule has 0 aliphatic heterocycles. The number of allylic oxidation sites excluding steroid dienone is 2. The molecule has 0 bridgehead atoms. The molecule has 0 amide bonds. The first-order valence-corrected chi connectivity index (χ1v) is 8.22. The Balaban J connectivity index is 2.26. The number of hydrogen-bond donors (Lipinski definition) is 1. The second-order valence-corrected chi connectivity index (χ2v) is 5.76. The van der Waals surface area contributed by atoms with Crippen LogP contribution in [0.4, 0.5) is 0 Å². The molecule has 1 aliphatic rings. The highest BCUT2D eigenvalue weighted by molar-refractivity contribution is 5.01. The average molecular weight is 252 g/mol. The van der Waals surface area contributed by atoms with E-state index in [1.54, 1.807) is 5.57 Å². The van der Waals surface area contributed by atoms with Gasteiger partial charge in [-0.25, -0.2) is 0 Å². The lowest BCUT2D eigenvalue weighted by atomic mass is 9.96. The van der Waals surface area contributed by atoms with E-state index in [1.165, 1.54) is 77.0 Å². The quantitative estimate of drug-likeness (QED) is 0.526. The summed E-state index contributed by atoms with van der Waals surface area (Å²) in [6, 6.07) is 0. The molecule has 1 N–H and O–H groups in total. The molecule has 0 atom stereocenters. The molecular weight excluding hydrogens is 220 g/mol. The van der Waals surface area contributed by atoms with E-state index in [-0.39, 0.29) is 0 Å². The van der Waals surface area contributed by atoms with Gasteiger partial charge in [-0.1, -0.05) is 56.6 Å². The van der Waals surface area contributed by atoms with E-state index in [0.717, 1.165) is 12.8 Å². The highest BCUT2D eigenvalue weighted by Gasteiger charge is 2.01. The lowest BCUT2D eigenvalue weighted by Gasteiger charge is -2.10. The van der Waals surface area contributed by atoms with Crippen LogP contribution in [0.15, 0.2) is 11.6 Å². The third kappa shape index (κ3) is 8.74. The van der Waals surface area contributed by atoms with Crippen molar-refractivity contribution in [2.45, 2.75) is 89.9 Å². The summed E-state index contributed by atoms with van der Waals surface area (Å²) < 4.78 is 0. The molecule has 0 unspecified atom stereocenters. The number of rotatable bonds is 4. The van der Waals surface area contributed by atoms with E-state index in [9.17, 15) is 0 Å². The molecule has 1 aliphatic carbocycles. The van der Waals surface area contributed by atoms with Gasteiger partial charge in [0, 0.05) is 6.61 Å². The summed E-state index contributed by atoms with van der Waals surface area (Å²) in [6.45, 7) is 0.350.